The summed E-state index contributed by atoms with van der Waals surface area (Å²) in [5, 5.41) is 3.11. The second-order valence-electron chi connectivity index (χ2n) is 5.58. The fourth-order valence-corrected chi connectivity index (χ4v) is 2.97. The van der Waals surface area contributed by atoms with E-state index in [1.54, 1.807) is 13.0 Å². The number of rotatable bonds is 8. The van der Waals surface area contributed by atoms with E-state index in [0.717, 1.165) is 24.2 Å². The molecule has 5 nitrogen and oxygen atoms in total. The summed E-state index contributed by atoms with van der Waals surface area (Å²) in [5.74, 6) is 0.490. The molecule has 0 saturated carbocycles. The number of benzene rings is 1. The van der Waals surface area contributed by atoms with E-state index in [2.05, 4.69) is 17.2 Å². The van der Waals surface area contributed by atoms with Crippen molar-refractivity contribution in [1.82, 2.24) is 4.98 Å². The van der Waals surface area contributed by atoms with Crippen LogP contribution < -0.4 is 10.1 Å². The van der Waals surface area contributed by atoms with Crippen molar-refractivity contribution < 1.29 is 14.3 Å². The SMILES string of the molecule is CCCCOc1ccc(C=CC(=O)Nc2nc(C)c(C(C)=O)s2)cc1. The summed E-state index contributed by atoms with van der Waals surface area (Å²) in [5.41, 5.74) is 1.54. The number of anilines is 1. The molecule has 0 aliphatic carbocycles. The molecule has 0 spiro atoms. The molecule has 0 saturated heterocycles. The van der Waals surface area contributed by atoms with Crippen molar-refractivity contribution in [3.63, 3.8) is 0 Å². The Balaban J connectivity index is 1.91. The Morgan fingerprint density at radius 2 is 2.00 bits per heavy atom. The van der Waals surface area contributed by atoms with Crippen LogP contribution in [-0.4, -0.2) is 23.3 Å². The van der Waals surface area contributed by atoms with Gasteiger partial charge in [-0.3, -0.25) is 14.9 Å². The number of thiazole rings is 1. The second-order valence-corrected chi connectivity index (χ2v) is 6.58. The van der Waals surface area contributed by atoms with Gasteiger partial charge in [0.05, 0.1) is 17.2 Å². The number of Topliss-reactive ketones (excluding diaryl/α,β-unsaturated/α-hetero) is 1. The van der Waals surface area contributed by atoms with E-state index in [4.69, 9.17) is 4.74 Å². The number of aryl methyl sites for hydroxylation is 1. The summed E-state index contributed by atoms with van der Waals surface area (Å²) in [6.45, 7) is 6.07. The number of ether oxygens (including phenoxy) is 1. The number of hydrogen-bond donors (Lipinski definition) is 1. The summed E-state index contributed by atoms with van der Waals surface area (Å²) in [6.07, 6.45) is 5.29. The van der Waals surface area contributed by atoms with Gasteiger partial charge in [0.1, 0.15) is 5.75 Å². The van der Waals surface area contributed by atoms with Crippen molar-refractivity contribution in [2.45, 2.75) is 33.6 Å². The molecule has 1 heterocycles. The standard InChI is InChI=1S/C19H22N2O3S/c1-4-5-12-24-16-9-6-15(7-10-16)8-11-17(23)21-19-20-13(2)18(25-19)14(3)22/h6-11H,4-5,12H2,1-3H3,(H,20,21,23). The first-order valence-corrected chi connectivity index (χ1v) is 9.01. The smallest absolute Gasteiger partial charge is 0.250 e. The van der Waals surface area contributed by atoms with Gasteiger partial charge < -0.3 is 4.74 Å². The lowest BCUT2D eigenvalue weighted by Gasteiger charge is -2.05. The fourth-order valence-electron chi connectivity index (χ4n) is 2.11. The molecule has 1 N–H and O–H groups in total. The zero-order valence-corrected chi connectivity index (χ0v) is 15.5. The highest BCUT2D eigenvalue weighted by atomic mass is 32.1. The van der Waals surface area contributed by atoms with Crippen molar-refractivity contribution in [1.29, 1.82) is 0 Å². The molecule has 0 atom stereocenters. The molecule has 2 rings (SSSR count). The second kappa shape index (κ2) is 9.13. The molecular formula is C19H22N2O3S. The number of amides is 1. The van der Waals surface area contributed by atoms with E-state index in [-0.39, 0.29) is 11.7 Å². The Bertz CT molecular complexity index is 763. The van der Waals surface area contributed by atoms with Crippen LogP contribution in [0.15, 0.2) is 30.3 Å². The Morgan fingerprint density at radius 3 is 2.60 bits per heavy atom. The molecule has 0 aliphatic rings. The van der Waals surface area contributed by atoms with E-state index < -0.39 is 0 Å². The maximum atomic E-state index is 12.0. The minimum absolute atomic E-state index is 0.0488. The summed E-state index contributed by atoms with van der Waals surface area (Å²) in [7, 11) is 0. The zero-order valence-electron chi connectivity index (χ0n) is 14.7. The molecule has 2 aromatic rings. The van der Waals surface area contributed by atoms with Gasteiger partial charge in [0.2, 0.25) is 5.91 Å². The number of nitrogens with zero attached hydrogens (tertiary/aromatic N) is 1. The monoisotopic (exact) mass is 358 g/mol. The van der Waals surface area contributed by atoms with Gasteiger partial charge in [0.15, 0.2) is 10.9 Å². The third kappa shape index (κ3) is 5.83. The first-order chi connectivity index (χ1) is 12.0. The maximum absolute atomic E-state index is 12.0. The van der Waals surface area contributed by atoms with Crippen LogP contribution in [0.5, 0.6) is 5.75 Å². The summed E-state index contributed by atoms with van der Waals surface area (Å²) in [6, 6.07) is 7.56. The molecule has 1 aromatic heterocycles. The summed E-state index contributed by atoms with van der Waals surface area (Å²) in [4.78, 5) is 28.2. The van der Waals surface area contributed by atoms with E-state index >= 15 is 0 Å². The number of hydrogen-bond acceptors (Lipinski definition) is 5. The maximum Gasteiger partial charge on any atom is 0.250 e. The minimum atomic E-state index is -0.285. The third-order valence-corrected chi connectivity index (χ3v) is 4.59. The van der Waals surface area contributed by atoms with Crippen LogP contribution in [0.4, 0.5) is 5.13 Å². The Hall–Kier alpha value is -2.47. The Labute approximate surface area is 151 Å². The van der Waals surface area contributed by atoms with Crippen LogP contribution in [0.25, 0.3) is 6.08 Å². The molecule has 132 valence electrons. The normalized spacial score (nSPS) is 10.8. The molecule has 0 unspecified atom stereocenters. The van der Waals surface area contributed by atoms with Gasteiger partial charge in [-0.1, -0.05) is 36.8 Å². The van der Waals surface area contributed by atoms with Crippen LogP contribution in [0, 0.1) is 6.92 Å². The van der Waals surface area contributed by atoms with Crippen LogP contribution in [0.3, 0.4) is 0 Å². The largest absolute Gasteiger partial charge is 0.494 e. The quantitative estimate of drug-likeness (QED) is 0.429. The number of carbonyl (C=O) groups is 2. The van der Waals surface area contributed by atoms with Crippen LogP contribution in [0.1, 0.15) is 47.6 Å². The number of ketones is 1. The van der Waals surface area contributed by atoms with Crippen molar-refractivity contribution in [3.05, 3.63) is 46.5 Å². The highest BCUT2D eigenvalue weighted by Crippen LogP contribution is 2.23. The minimum Gasteiger partial charge on any atom is -0.494 e. The van der Waals surface area contributed by atoms with Gasteiger partial charge in [-0.2, -0.15) is 0 Å². The topological polar surface area (TPSA) is 68.3 Å². The lowest BCUT2D eigenvalue weighted by atomic mass is 10.2. The third-order valence-electron chi connectivity index (χ3n) is 3.42. The number of unbranched alkanes of at least 4 members (excludes halogenated alkanes) is 1. The van der Waals surface area contributed by atoms with Gasteiger partial charge >= 0.3 is 0 Å². The van der Waals surface area contributed by atoms with Gasteiger partial charge in [0.25, 0.3) is 0 Å². The Morgan fingerprint density at radius 1 is 1.28 bits per heavy atom. The highest BCUT2D eigenvalue weighted by Gasteiger charge is 2.12. The van der Waals surface area contributed by atoms with Crippen molar-refractivity contribution in [3.8, 4) is 5.75 Å². The fraction of sp³-hybridized carbons (Fsp3) is 0.316. The molecule has 1 amide bonds. The molecular weight excluding hydrogens is 336 g/mol. The van der Waals surface area contributed by atoms with E-state index in [0.29, 0.717) is 22.3 Å². The predicted molar refractivity (Wildman–Crippen MR) is 101 cm³/mol. The number of carbonyl (C=O) groups excluding carboxylic acids is 2. The summed E-state index contributed by atoms with van der Waals surface area (Å²) >= 11 is 1.19. The average molecular weight is 358 g/mol. The molecule has 1 aromatic carbocycles. The lowest BCUT2D eigenvalue weighted by molar-refractivity contribution is -0.111. The van der Waals surface area contributed by atoms with E-state index in [1.807, 2.05) is 24.3 Å². The van der Waals surface area contributed by atoms with Crippen molar-refractivity contribution in [2.75, 3.05) is 11.9 Å². The van der Waals surface area contributed by atoms with Gasteiger partial charge in [-0.25, -0.2) is 4.98 Å². The molecule has 0 aliphatic heterocycles. The van der Waals surface area contributed by atoms with Crippen LogP contribution >= 0.6 is 11.3 Å². The van der Waals surface area contributed by atoms with Crippen LogP contribution in [0.2, 0.25) is 0 Å². The predicted octanol–water partition coefficient (Wildman–Crippen LogP) is 4.48. The van der Waals surface area contributed by atoms with Gasteiger partial charge in [-0.05, 0) is 37.1 Å². The van der Waals surface area contributed by atoms with Gasteiger partial charge in [0, 0.05) is 13.0 Å². The molecule has 25 heavy (non-hydrogen) atoms. The Kier molecular flexibility index (Phi) is 6.89. The number of aromatic nitrogens is 1. The van der Waals surface area contributed by atoms with E-state index in [9.17, 15) is 9.59 Å². The van der Waals surface area contributed by atoms with Crippen molar-refractivity contribution >= 4 is 34.2 Å². The molecule has 0 fully saturated rings. The zero-order chi connectivity index (χ0) is 18.2. The average Bonchev–Trinajstić information content (AvgIpc) is 2.95. The molecule has 6 heteroatoms. The first-order valence-electron chi connectivity index (χ1n) is 8.20. The van der Waals surface area contributed by atoms with E-state index in [1.165, 1.54) is 24.3 Å². The summed E-state index contributed by atoms with van der Waals surface area (Å²) < 4.78 is 5.60. The number of nitrogens with one attached hydrogen (secondary N) is 1. The van der Waals surface area contributed by atoms with Crippen molar-refractivity contribution in [2.24, 2.45) is 0 Å². The van der Waals surface area contributed by atoms with Gasteiger partial charge in [-0.15, -0.1) is 0 Å². The molecule has 0 bridgehead atoms. The first kappa shape index (κ1) is 18.9. The highest BCUT2D eigenvalue weighted by molar-refractivity contribution is 7.17. The van der Waals surface area contributed by atoms with Crippen LogP contribution in [-0.2, 0) is 4.79 Å². The lowest BCUT2D eigenvalue weighted by Crippen LogP contribution is -2.07. The molecule has 0 radical (unpaired) electrons.